The lowest BCUT2D eigenvalue weighted by Gasteiger charge is -2.29. The maximum absolute atomic E-state index is 11.6. The highest BCUT2D eigenvalue weighted by molar-refractivity contribution is 5.81. The minimum atomic E-state index is -0.386. The molecule has 0 saturated carbocycles. The van der Waals surface area contributed by atoms with E-state index in [2.05, 4.69) is 0 Å². The average molecular weight is 464 g/mol. The lowest BCUT2D eigenvalue weighted by molar-refractivity contribution is -0.150. The van der Waals surface area contributed by atoms with E-state index in [1.165, 1.54) is 12.1 Å². The molecule has 2 aromatic carbocycles. The molecule has 0 bridgehead atoms. The van der Waals surface area contributed by atoms with Crippen LogP contribution in [0.5, 0.6) is 11.5 Å². The zero-order valence-electron chi connectivity index (χ0n) is 18.9. The fraction of sp³-hybridized carbons (Fsp3) is 0.308. The highest BCUT2D eigenvalue weighted by atomic mass is 16.6. The van der Waals surface area contributed by atoms with Gasteiger partial charge in [0.25, 0.3) is 0 Å². The van der Waals surface area contributed by atoms with Crippen LogP contribution in [0.2, 0.25) is 0 Å². The van der Waals surface area contributed by atoms with Crippen molar-refractivity contribution in [1.82, 2.24) is 0 Å². The van der Waals surface area contributed by atoms with Crippen molar-refractivity contribution >= 4 is 21.9 Å². The molecule has 1 aliphatic heterocycles. The maximum atomic E-state index is 11.6. The molecule has 0 aliphatic carbocycles. The number of hydrogen-bond donors (Lipinski definition) is 0. The highest BCUT2D eigenvalue weighted by Crippen LogP contribution is 2.24. The predicted molar refractivity (Wildman–Crippen MR) is 125 cm³/mol. The van der Waals surface area contributed by atoms with Crippen molar-refractivity contribution in [2.24, 2.45) is 0 Å². The van der Waals surface area contributed by atoms with Crippen LogP contribution in [0.15, 0.2) is 67.0 Å². The minimum Gasteiger partial charge on any atom is -0.491 e. The normalized spacial score (nSPS) is 18.3. The topological polar surface area (TPSA) is 97.3 Å². The molecule has 8 nitrogen and oxygen atoms in total. The van der Waals surface area contributed by atoms with Gasteiger partial charge in [0.1, 0.15) is 48.1 Å². The van der Waals surface area contributed by atoms with E-state index in [4.69, 9.17) is 27.8 Å². The van der Waals surface area contributed by atoms with Crippen molar-refractivity contribution in [3.05, 3.63) is 80.5 Å². The van der Waals surface area contributed by atoms with E-state index in [0.29, 0.717) is 49.1 Å². The molecule has 1 saturated heterocycles. The van der Waals surface area contributed by atoms with Crippen molar-refractivity contribution in [3.63, 3.8) is 0 Å². The van der Waals surface area contributed by atoms with Gasteiger partial charge in [-0.25, -0.2) is 9.59 Å². The monoisotopic (exact) mass is 464 g/mol. The Kier molecular flexibility index (Phi) is 6.08. The fourth-order valence-corrected chi connectivity index (χ4v) is 3.94. The molecule has 0 N–H and O–H groups in total. The Balaban J connectivity index is 1.12. The fourth-order valence-electron chi connectivity index (χ4n) is 3.94. The Hall–Kier alpha value is -3.62. The van der Waals surface area contributed by atoms with Crippen LogP contribution < -0.4 is 20.7 Å². The molecule has 1 aliphatic rings. The van der Waals surface area contributed by atoms with Gasteiger partial charge in [-0.1, -0.05) is 0 Å². The molecule has 5 rings (SSSR count). The molecular weight excluding hydrogens is 440 g/mol. The first kappa shape index (κ1) is 22.2. The van der Waals surface area contributed by atoms with Gasteiger partial charge in [-0.05, 0) is 49.2 Å². The van der Waals surface area contributed by atoms with Crippen molar-refractivity contribution in [3.8, 4) is 11.5 Å². The van der Waals surface area contributed by atoms with Gasteiger partial charge < -0.3 is 27.8 Å². The van der Waals surface area contributed by atoms with Crippen LogP contribution in [0.4, 0.5) is 0 Å². The molecule has 2 unspecified atom stereocenters. The molecule has 8 heteroatoms. The maximum Gasteiger partial charge on any atom is 0.336 e. The van der Waals surface area contributed by atoms with E-state index in [9.17, 15) is 9.59 Å². The van der Waals surface area contributed by atoms with Crippen LogP contribution in [0.1, 0.15) is 11.1 Å². The van der Waals surface area contributed by atoms with Gasteiger partial charge in [0, 0.05) is 35.0 Å². The molecular formula is C26H24O8. The smallest absolute Gasteiger partial charge is 0.336 e. The summed E-state index contributed by atoms with van der Waals surface area (Å²) >= 11 is 0. The van der Waals surface area contributed by atoms with Crippen molar-refractivity contribution < 1.29 is 27.8 Å². The second-order valence-corrected chi connectivity index (χ2v) is 8.35. The third kappa shape index (κ3) is 4.83. The number of benzene rings is 2. The summed E-state index contributed by atoms with van der Waals surface area (Å²) in [5.74, 6) is 1.18. The molecule has 4 aromatic rings. The first-order valence-electron chi connectivity index (χ1n) is 11.0. The summed E-state index contributed by atoms with van der Waals surface area (Å²) in [5.41, 5.74) is 1.93. The summed E-state index contributed by atoms with van der Waals surface area (Å²) in [4.78, 5) is 23.2. The Morgan fingerprint density at radius 1 is 0.706 bits per heavy atom. The Morgan fingerprint density at radius 2 is 1.15 bits per heavy atom. The number of ether oxygens (including phenoxy) is 4. The van der Waals surface area contributed by atoms with Gasteiger partial charge in [0.05, 0.1) is 13.2 Å². The molecule has 0 radical (unpaired) electrons. The standard InChI is InChI=1S/C26H24O8/c1-15-7-25(27)33-23-9-17(3-5-21(15)23)29-11-19-13-32-20(14-31-19)12-30-18-4-6-22-16(2)8-26(28)34-24(22)10-18/h3-10,19-20H,11-14H2,1-2H3. The highest BCUT2D eigenvalue weighted by Gasteiger charge is 2.23. The van der Waals surface area contributed by atoms with Crippen LogP contribution in [0.25, 0.3) is 21.9 Å². The van der Waals surface area contributed by atoms with Crippen LogP contribution in [0.3, 0.4) is 0 Å². The van der Waals surface area contributed by atoms with Crippen molar-refractivity contribution in [2.45, 2.75) is 26.1 Å². The molecule has 34 heavy (non-hydrogen) atoms. The van der Waals surface area contributed by atoms with Gasteiger partial charge in [-0.3, -0.25) is 0 Å². The number of fused-ring (bicyclic) bond motifs is 2. The molecule has 176 valence electrons. The predicted octanol–water partition coefficient (Wildman–Crippen LogP) is 3.76. The van der Waals surface area contributed by atoms with Crippen molar-refractivity contribution in [1.29, 1.82) is 0 Å². The average Bonchev–Trinajstić information content (AvgIpc) is 2.81. The molecule has 0 amide bonds. The summed E-state index contributed by atoms with van der Waals surface area (Å²) in [6.07, 6.45) is -0.455. The summed E-state index contributed by atoms with van der Waals surface area (Å²) in [7, 11) is 0. The van der Waals surface area contributed by atoms with E-state index in [1.54, 1.807) is 12.1 Å². The van der Waals surface area contributed by atoms with E-state index >= 15 is 0 Å². The molecule has 0 spiro atoms. The Bertz CT molecular complexity index is 1330. The van der Waals surface area contributed by atoms with Gasteiger partial charge in [0.2, 0.25) is 0 Å². The Morgan fingerprint density at radius 3 is 1.56 bits per heavy atom. The van der Waals surface area contributed by atoms with Crippen LogP contribution >= 0.6 is 0 Å². The first-order chi connectivity index (χ1) is 16.4. The first-order valence-corrected chi connectivity index (χ1v) is 11.0. The summed E-state index contributed by atoms with van der Waals surface area (Å²) in [6.45, 7) is 5.07. The summed E-state index contributed by atoms with van der Waals surface area (Å²) < 4.78 is 33.9. The van der Waals surface area contributed by atoms with Gasteiger partial charge in [-0.15, -0.1) is 0 Å². The second-order valence-electron chi connectivity index (χ2n) is 8.35. The quantitative estimate of drug-likeness (QED) is 0.398. The molecule has 2 atom stereocenters. The SMILES string of the molecule is Cc1cc(=O)oc2cc(OCC3COC(COc4ccc5c(C)cc(=O)oc5c4)CO3)ccc12. The van der Waals surface area contributed by atoms with Crippen LogP contribution in [0, 0.1) is 13.8 Å². The lowest BCUT2D eigenvalue weighted by Crippen LogP contribution is -2.41. The Labute approximate surface area is 194 Å². The second kappa shape index (κ2) is 9.32. The minimum absolute atomic E-state index is 0.227. The lowest BCUT2D eigenvalue weighted by atomic mass is 10.1. The van der Waals surface area contributed by atoms with Crippen LogP contribution in [-0.2, 0) is 9.47 Å². The number of hydrogen-bond acceptors (Lipinski definition) is 8. The summed E-state index contributed by atoms with van der Waals surface area (Å²) in [6, 6.07) is 13.8. The molecule has 1 fully saturated rings. The molecule has 3 heterocycles. The molecule has 2 aromatic heterocycles. The third-order valence-corrected chi connectivity index (χ3v) is 5.75. The van der Waals surface area contributed by atoms with Gasteiger partial charge in [-0.2, -0.15) is 0 Å². The van der Waals surface area contributed by atoms with E-state index < -0.39 is 0 Å². The van der Waals surface area contributed by atoms with Gasteiger partial charge in [0.15, 0.2) is 0 Å². The zero-order valence-corrected chi connectivity index (χ0v) is 18.9. The van der Waals surface area contributed by atoms with E-state index in [1.807, 2.05) is 38.1 Å². The van der Waals surface area contributed by atoms with E-state index in [0.717, 1.165) is 21.9 Å². The zero-order chi connectivity index (χ0) is 23.7. The largest absolute Gasteiger partial charge is 0.491 e. The summed E-state index contributed by atoms with van der Waals surface area (Å²) in [5, 5.41) is 1.74. The third-order valence-electron chi connectivity index (χ3n) is 5.75. The van der Waals surface area contributed by atoms with E-state index in [-0.39, 0.29) is 23.5 Å². The van der Waals surface area contributed by atoms with Gasteiger partial charge >= 0.3 is 11.3 Å². The van der Waals surface area contributed by atoms with Crippen molar-refractivity contribution in [2.75, 3.05) is 26.4 Å². The number of rotatable bonds is 6. The number of aryl methyl sites for hydroxylation is 2. The van der Waals surface area contributed by atoms with Crippen LogP contribution in [-0.4, -0.2) is 38.6 Å².